The fourth-order valence-corrected chi connectivity index (χ4v) is 5.43. The molecular formula is C23H30N2O3S. The van der Waals surface area contributed by atoms with Crippen LogP contribution in [0, 0.1) is 6.92 Å². The SMILES string of the molecule is Cc1cccc(C2(C(=O)NCc3ccccc3CS(=O)(=O)NC(C)C)CCC2)c1. The maximum atomic E-state index is 13.1. The van der Waals surface area contributed by atoms with E-state index in [0.29, 0.717) is 12.1 Å². The van der Waals surface area contributed by atoms with Gasteiger partial charge in [-0.1, -0.05) is 60.5 Å². The second kappa shape index (κ2) is 8.67. The molecular weight excluding hydrogens is 384 g/mol. The highest BCUT2D eigenvalue weighted by atomic mass is 32.2. The summed E-state index contributed by atoms with van der Waals surface area (Å²) in [5.74, 6) is -0.0763. The average molecular weight is 415 g/mol. The van der Waals surface area contributed by atoms with Crippen LogP contribution in [0.2, 0.25) is 0 Å². The molecule has 6 heteroatoms. The van der Waals surface area contributed by atoms with Gasteiger partial charge >= 0.3 is 0 Å². The molecule has 0 unspecified atom stereocenters. The van der Waals surface area contributed by atoms with Crippen molar-refractivity contribution in [2.24, 2.45) is 0 Å². The number of amides is 1. The van der Waals surface area contributed by atoms with Crippen molar-refractivity contribution in [3.05, 3.63) is 70.8 Å². The zero-order valence-corrected chi connectivity index (χ0v) is 18.2. The summed E-state index contributed by atoms with van der Waals surface area (Å²) in [6, 6.07) is 15.4. The Balaban J connectivity index is 1.74. The van der Waals surface area contributed by atoms with E-state index in [1.54, 1.807) is 19.9 Å². The number of aryl methyl sites for hydroxylation is 1. The zero-order valence-electron chi connectivity index (χ0n) is 17.4. The van der Waals surface area contributed by atoms with Gasteiger partial charge in [-0.15, -0.1) is 0 Å². The average Bonchev–Trinajstić information content (AvgIpc) is 2.58. The van der Waals surface area contributed by atoms with Crippen molar-refractivity contribution in [3.8, 4) is 0 Å². The van der Waals surface area contributed by atoms with Crippen LogP contribution in [-0.4, -0.2) is 20.4 Å². The summed E-state index contributed by atoms with van der Waals surface area (Å²) in [7, 11) is -3.43. The summed E-state index contributed by atoms with van der Waals surface area (Å²) in [4.78, 5) is 13.1. The third-order valence-electron chi connectivity index (χ3n) is 5.53. The Morgan fingerprint density at radius 3 is 2.34 bits per heavy atom. The summed E-state index contributed by atoms with van der Waals surface area (Å²) >= 11 is 0. The fourth-order valence-electron chi connectivity index (χ4n) is 3.94. The van der Waals surface area contributed by atoms with Crippen molar-refractivity contribution < 1.29 is 13.2 Å². The Labute approximate surface area is 174 Å². The van der Waals surface area contributed by atoms with E-state index in [0.717, 1.165) is 36.0 Å². The summed E-state index contributed by atoms with van der Waals surface area (Å²) in [6.07, 6.45) is 2.73. The van der Waals surface area contributed by atoms with E-state index in [4.69, 9.17) is 0 Å². The minimum atomic E-state index is -3.43. The summed E-state index contributed by atoms with van der Waals surface area (Å²) < 4.78 is 27.3. The highest BCUT2D eigenvalue weighted by Gasteiger charge is 2.45. The first-order chi connectivity index (χ1) is 13.7. The Morgan fingerprint density at radius 2 is 1.76 bits per heavy atom. The van der Waals surface area contributed by atoms with Crippen LogP contribution in [0.5, 0.6) is 0 Å². The molecule has 1 amide bonds. The molecule has 5 nitrogen and oxygen atoms in total. The molecule has 0 radical (unpaired) electrons. The van der Waals surface area contributed by atoms with Gasteiger partial charge in [-0.2, -0.15) is 0 Å². The molecule has 1 aliphatic rings. The van der Waals surface area contributed by atoms with E-state index in [2.05, 4.69) is 16.1 Å². The van der Waals surface area contributed by atoms with Crippen LogP contribution in [0.15, 0.2) is 48.5 Å². The quantitative estimate of drug-likeness (QED) is 0.693. The van der Waals surface area contributed by atoms with E-state index in [9.17, 15) is 13.2 Å². The number of carbonyl (C=O) groups is 1. The lowest BCUT2D eigenvalue weighted by molar-refractivity contribution is -0.130. The molecule has 0 aromatic heterocycles. The minimum Gasteiger partial charge on any atom is -0.351 e. The second-order valence-electron chi connectivity index (χ2n) is 8.29. The summed E-state index contributed by atoms with van der Waals surface area (Å²) in [6.45, 7) is 5.95. The third kappa shape index (κ3) is 5.06. The number of hydrogen-bond donors (Lipinski definition) is 2. The molecule has 0 saturated heterocycles. The Morgan fingerprint density at radius 1 is 1.07 bits per heavy atom. The molecule has 2 N–H and O–H groups in total. The van der Waals surface area contributed by atoms with Crippen molar-refractivity contribution in [2.45, 2.75) is 63.8 Å². The molecule has 2 aromatic rings. The highest BCUT2D eigenvalue weighted by molar-refractivity contribution is 7.88. The van der Waals surface area contributed by atoms with Crippen LogP contribution >= 0.6 is 0 Å². The lowest BCUT2D eigenvalue weighted by atomic mass is 9.63. The van der Waals surface area contributed by atoms with Crippen molar-refractivity contribution in [1.29, 1.82) is 0 Å². The lowest BCUT2D eigenvalue weighted by Gasteiger charge is -2.41. The van der Waals surface area contributed by atoms with Crippen LogP contribution in [0.3, 0.4) is 0 Å². The minimum absolute atomic E-state index is 0.0207. The predicted molar refractivity (Wildman–Crippen MR) is 116 cm³/mol. The molecule has 29 heavy (non-hydrogen) atoms. The van der Waals surface area contributed by atoms with Crippen molar-refractivity contribution in [2.75, 3.05) is 0 Å². The van der Waals surface area contributed by atoms with Gasteiger partial charge in [0.05, 0.1) is 11.2 Å². The first-order valence-electron chi connectivity index (χ1n) is 10.1. The monoisotopic (exact) mass is 414 g/mol. The molecule has 0 atom stereocenters. The van der Waals surface area contributed by atoms with Gasteiger partial charge in [0.1, 0.15) is 0 Å². The van der Waals surface area contributed by atoms with E-state index < -0.39 is 15.4 Å². The molecule has 0 heterocycles. The van der Waals surface area contributed by atoms with Crippen LogP contribution in [0.1, 0.15) is 55.4 Å². The molecule has 1 fully saturated rings. The van der Waals surface area contributed by atoms with Gasteiger partial charge in [0.15, 0.2) is 0 Å². The van der Waals surface area contributed by atoms with Crippen LogP contribution in [0.4, 0.5) is 0 Å². The van der Waals surface area contributed by atoms with Gasteiger partial charge in [0, 0.05) is 12.6 Å². The van der Waals surface area contributed by atoms with Gasteiger partial charge in [-0.3, -0.25) is 4.79 Å². The molecule has 0 aliphatic heterocycles. The standard InChI is InChI=1S/C23H30N2O3S/c1-17(2)25-29(27,28)16-20-10-5-4-9-19(20)15-24-22(26)23(12-7-13-23)21-11-6-8-18(3)14-21/h4-6,8-11,14,17,25H,7,12-13,15-16H2,1-3H3,(H,24,26). The molecule has 1 saturated carbocycles. The lowest BCUT2D eigenvalue weighted by Crippen LogP contribution is -2.49. The topological polar surface area (TPSA) is 75.3 Å². The first-order valence-corrected chi connectivity index (χ1v) is 11.8. The van der Waals surface area contributed by atoms with E-state index in [1.165, 1.54) is 0 Å². The smallest absolute Gasteiger partial charge is 0.230 e. The van der Waals surface area contributed by atoms with Gasteiger partial charge in [0.25, 0.3) is 0 Å². The number of hydrogen-bond acceptors (Lipinski definition) is 3. The number of benzene rings is 2. The van der Waals surface area contributed by atoms with Crippen LogP contribution in [0.25, 0.3) is 0 Å². The largest absolute Gasteiger partial charge is 0.351 e. The van der Waals surface area contributed by atoms with Gasteiger partial charge in [0.2, 0.25) is 15.9 Å². The predicted octanol–water partition coefficient (Wildman–Crippen LogP) is 3.56. The number of carbonyl (C=O) groups excluding carboxylic acids is 1. The summed E-state index contributed by atoms with van der Waals surface area (Å²) in [5, 5.41) is 3.07. The van der Waals surface area contributed by atoms with Crippen molar-refractivity contribution in [1.82, 2.24) is 10.0 Å². The maximum absolute atomic E-state index is 13.1. The highest BCUT2D eigenvalue weighted by Crippen LogP contribution is 2.44. The molecule has 156 valence electrons. The molecule has 2 aromatic carbocycles. The van der Waals surface area contributed by atoms with Crippen LogP contribution in [-0.2, 0) is 32.5 Å². The van der Waals surface area contributed by atoms with Crippen molar-refractivity contribution in [3.63, 3.8) is 0 Å². The summed E-state index contributed by atoms with van der Waals surface area (Å²) in [5.41, 5.74) is 3.28. The van der Waals surface area contributed by atoms with Crippen LogP contribution < -0.4 is 10.0 Å². The van der Waals surface area contributed by atoms with E-state index in [1.807, 2.05) is 43.3 Å². The molecule has 0 bridgehead atoms. The fraction of sp³-hybridized carbons (Fsp3) is 0.435. The Kier molecular flexibility index (Phi) is 6.44. The van der Waals surface area contributed by atoms with Crippen molar-refractivity contribution >= 4 is 15.9 Å². The third-order valence-corrected chi connectivity index (χ3v) is 7.05. The molecule has 1 aliphatic carbocycles. The second-order valence-corrected chi connectivity index (χ2v) is 10.0. The maximum Gasteiger partial charge on any atom is 0.230 e. The molecule has 0 spiro atoms. The Hall–Kier alpha value is -2.18. The van der Waals surface area contributed by atoms with Gasteiger partial charge in [-0.05, 0) is 50.3 Å². The number of rotatable bonds is 8. The normalized spacial score (nSPS) is 15.7. The number of sulfonamides is 1. The Bertz CT molecular complexity index is 979. The van der Waals surface area contributed by atoms with Gasteiger partial charge < -0.3 is 5.32 Å². The first kappa shape index (κ1) is 21.5. The van der Waals surface area contributed by atoms with Gasteiger partial charge in [-0.25, -0.2) is 13.1 Å². The van der Waals surface area contributed by atoms with E-state index >= 15 is 0 Å². The van der Waals surface area contributed by atoms with E-state index in [-0.39, 0.29) is 17.7 Å². The molecule has 3 rings (SSSR count). The zero-order chi connectivity index (χ0) is 21.1. The number of nitrogens with one attached hydrogen (secondary N) is 2.